The fraction of sp³-hybridized carbons (Fsp3) is 0.700. The van der Waals surface area contributed by atoms with E-state index in [9.17, 15) is 9.59 Å². The number of hydrogen-bond acceptors (Lipinski definition) is 4. The Morgan fingerprint density at radius 3 is 2.89 bits per heavy atom. The van der Waals surface area contributed by atoms with Crippen molar-refractivity contribution >= 4 is 17.8 Å². The molecule has 1 aliphatic carbocycles. The van der Waals surface area contributed by atoms with Crippen LogP contribution in [0.2, 0.25) is 0 Å². The number of nitrogens with one attached hydrogen (secondary N) is 2. The third-order valence-electron chi connectivity index (χ3n) is 3.16. The number of nitrogens with zero attached hydrogens (tertiary/aromatic N) is 3. The molecule has 0 unspecified atom stereocenters. The number of nitrogens with two attached hydrogens (primary N) is 1. The summed E-state index contributed by atoms with van der Waals surface area (Å²) >= 11 is 0. The first-order valence-corrected chi connectivity index (χ1v) is 6.03. The maximum absolute atomic E-state index is 11.9. The Hall–Kier alpha value is -1.83. The number of rotatable bonds is 2. The van der Waals surface area contributed by atoms with Gasteiger partial charge >= 0.3 is 12.1 Å². The second-order valence-electron chi connectivity index (χ2n) is 4.61. The Balaban J connectivity index is 1.90. The minimum atomic E-state index is -0.466. The average Bonchev–Trinajstić information content (AvgIpc) is 2.86. The number of hydrazone groups is 1. The molecule has 8 heteroatoms. The smallest absolute Gasteiger partial charge is 0.258 e. The lowest BCUT2D eigenvalue weighted by Crippen LogP contribution is -2.59. The zero-order chi connectivity index (χ0) is 13.1. The minimum Gasteiger partial charge on any atom is -0.258 e. The number of hydrogen-bond donors (Lipinski definition) is 3. The van der Waals surface area contributed by atoms with Gasteiger partial charge in [0, 0.05) is 6.04 Å². The van der Waals surface area contributed by atoms with E-state index in [1.54, 1.807) is 6.92 Å². The second-order valence-corrected chi connectivity index (χ2v) is 4.61. The normalized spacial score (nSPS) is 20.4. The summed E-state index contributed by atoms with van der Waals surface area (Å²) in [5, 5.41) is 6.12. The van der Waals surface area contributed by atoms with Crippen molar-refractivity contribution in [2.24, 2.45) is 10.9 Å². The van der Waals surface area contributed by atoms with E-state index >= 15 is 0 Å². The molecule has 0 spiro atoms. The van der Waals surface area contributed by atoms with E-state index in [0.29, 0.717) is 5.71 Å². The average molecular weight is 254 g/mol. The SMILES string of the molecule is CC1=NNC(=O)N(NC(=O)N(N)C2CCCC2)C1. The van der Waals surface area contributed by atoms with Crippen LogP contribution >= 0.6 is 0 Å². The molecular formula is C10H18N6O2. The van der Waals surface area contributed by atoms with Crippen molar-refractivity contribution < 1.29 is 9.59 Å². The molecule has 1 fully saturated rings. The molecule has 0 atom stereocenters. The van der Waals surface area contributed by atoms with Gasteiger partial charge in [-0.3, -0.25) is 5.01 Å². The predicted octanol–water partition coefficient (Wildman–Crippen LogP) is 0.130. The molecule has 100 valence electrons. The Labute approximate surface area is 105 Å². The van der Waals surface area contributed by atoms with Gasteiger partial charge in [0.05, 0.1) is 12.3 Å². The van der Waals surface area contributed by atoms with Crippen LogP contribution in [-0.2, 0) is 0 Å². The number of carbonyl (C=O) groups is 2. The highest BCUT2D eigenvalue weighted by Crippen LogP contribution is 2.21. The number of amides is 4. The van der Waals surface area contributed by atoms with Gasteiger partial charge in [0.15, 0.2) is 0 Å². The number of carbonyl (C=O) groups excluding carboxylic acids is 2. The van der Waals surface area contributed by atoms with Crippen LogP contribution in [0, 0.1) is 0 Å². The fourth-order valence-electron chi connectivity index (χ4n) is 2.15. The molecule has 1 heterocycles. The first-order valence-electron chi connectivity index (χ1n) is 6.03. The van der Waals surface area contributed by atoms with Crippen molar-refractivity contribution in [1.82, 2.24) is 20.9 Å². The molecule has 0 bridgehead atoms. The van der Waals surface area contributed by atoms with Crippen molar-refractivity contribution in [3.8, 4) is 0 Å². The van der Waals surface area contributed by atoms with E-state index in [4.69, 9.17) is 5.84 Å². The van der Waals surface area contributed by atoms with Crippen LogP contribution in [-0.4, -0.2) is 40.4 Å². The summed E-state index contributed by atoms with van der Waals surface area (Å²) < 4.78 is 0. The fourth-order valence-corrected chi connectivity index (χ4v) is 2.15. The number of urea groups is 2. The topological polar surface area (TPSA) is 103 Å². The molecule has 18 heavy (non-hydrogen) atoms. The summed E-state index contributed by atoms with van der Waals surface area (Å²) in [5.74, 6) is 5.75. The Morgan fingerprint density at radius 1 is 1.56 bits per heavy atom. The summed E-state index contributed by atoms with van der Waals surface area (Å²) in [6.07, 6.45) is 4.00. The van der Waals surface area contributed by atoms with Crippen LogP contribution in [0.15, 0.2) is 5.10 Å². The van der Waals surface area contributed by atoms with Crippen LogP contribution in [0.4, 0.5) is 9.59 Å². The molecule has 4 amide bonds. The van der Waals surface area contributed by atoms with E-state index < -0.39 is 12.1 Å². The predicted molar refractivity (Wildman–Crippen MR) is 65.2 cm³/mol. The van der Waals surface area contributed by atoms with Gasteiger partial charge in [-0.2, -0.15) is 5.10 Å². The summed E-state index contributed by atoms with van der Waals surface area (Å²) in [6, 6.07) is -0.867. The highest BCUT2D eigenvalue weighted by atomic mass is 16.2. The van der Waals surface area contributed by atoms with Gasteiger partial charge < -0.3 is 0 Å². The van der Waals surface area contributed by atoms with E-state index in [1.807, 2.05) is 0 Å². The summed E-state index contributed by atoms with van der Waals surface area (Å²) in [6.45, 7) is 2.02. The van der Waals surface area contributed by atoms with Gasteiger partial charge in [-0.25, -0.2) is 31.3 Å². The highest BCUT2D eigenvalue weighted by molar-refractivity contribution is 5.92. The Bertz CT molecular complexity index is 377. The molecule has 2 rings (SSSR count). The van der Waals surface area contributed by atoms with Crippen molar-refractivity contribution in [3.05, 3.63) is 0 Å². The quantitative estimate of drug-likeness (QED) is 0.370. The summed E-state index contributed by atoms with van der Waals surface area (Å²) in [7, 11) is 0. The van der Waals surface area contributed by atoms with Crippen LogP contribution in [0.1, 0.15) is 32.6 Å². The molecule has 0 saturated heterocycles. The van der Waals surface area contributed by atoms with Gasteiger partial charge in [0.25, 0.3) is 0 Å². The molecule has 1 aliphatic heterocycles. The lowest BCUT2D eigenvalue weighted by atomic mass is 10.2. The van der Waals surface area contributed by atoms with E-state index in [0.717, 1.165) is 25.7 Å². The third kappa shape index (κ3) is 2.70. The first-order chi connectivity index (χ1) is 8.58. The monoisotopic (exact) mass is 254 g/mol. The highest BCUT2D eigenvalue weighted by Gasteiger charge is 2.27. The molecule has 0 aromatic carbocycles. The largest absolute Gasteiger partial charge is 0.356 e. The van der Waals surface area contributed by atoms with E-state index in [2.05, 4.69) is 16.0 Å². The van der Waals surface area contributed by atoms with E-state index in [-0.39, 0.29) is 12.6 Å². The van der Waals surface area contributed by atoms with Crippen molar-refractivity contribution in [1.29, 1.82) is 0 Å². The second kappa shape index (κ2) is 5.21. The van der Waals surface area contributed by atoms with Crippen LogP contribution in [0.25, 0.3) is 0 Å². The van der Waals surface area contributed by atoms with Crippen molar-refractivity contribution in [2.75, 3.05) is 6.54 Å². The first kappa shape index (κ1) is 12.6. The van der Waals surface area contributed by atoms with Gasteiger partial charge in [-0.1, -0.05) is 12.8 Å². The van der Waals surface area contributed by atoms with Crippen LogP contribution < -0.4 is 16.7 Å². The molecule has 1 saturated carbocycles. The molecule has 0 aromatic rings. The van der Waals surface area contributed by atoms with Crippen LogP contribution in [0.3, 0.4) is 0 Å². The zero-order valence-electron chi connectivity index (χ0n) is 10.3. The van der Waals surface area contributed by atoms with Gasteiger partial charge in [-0.15, -0.1) is 0 Å². The Morgan fingerprint density at radius 2 is 2.22 bits per heavy atom. The number of hydrazine groups is 2. The standard InChI is InChI=1S/C10H18N6O2/c1-7-6-15(9(17)13-12-7)14-10(18)16(11)8-4-2-3-5-8/h8H,2-6,11H2,1H3,(H,13,17)(H,14,18). The van der Waals surface area contributed by atoms with Crippen molar-refractivity contribution in [3.63, 3.8) is 0 Å². The third-order valence-corrected chi connectivity index (χ3v) is 3.16. The molecule has 8 nitrogen and oxygen atoms in total. The molecule has 4 N–H and O–H groups in total. The molecule has 0 aromatic heterocycles. The van der Waals surface area contributed by atoms with E-state index in [1.165, 1.54) is 10.0 Å². The zero-order valence-corrected chi connectivity index (χ0v) is 10.3. The van der Waals surface area contributed by atoms with Gasteiger partial charge in [0.2, 0.25) is 0 Å². The lowest BCUT2D eigenvalue weighted by Gasteiger charge is -2.30. The maximum atomic E-state index is 11.9. The maximum Gasteiger partial charge on any atom is 0.356 e. The molecule has 0 radical (unpaired) electrons. The summed E-state index contributed by atoms with van der Waals surface area (Å²) in [5.41, 5.74) is 5.48. The van der Waals surface area contributed by atoms with Gasteiger partial charge in [0.1, 0.15) is 0 Å². The van der Waals surface area contributed by atoms with Crippen LogP contribution in [0.5, 0.6) is 0 Å². The van der Waals surface area contributed by atoms with Crippen molar-refractivity contribution in [2.45, 2.75) is 38.6 Å². The Kier molecular flexibility index (Phi) is 3.66. The molecular weight excluding hydrogens is 236 g/mol. The van der Waals surface area contributed by atoms with Gasteiger partial charge in [-0.05, 0) is 19.8 Å². The molecule has 2 aliphatic rings. The summed E-state index contributed by atoms with van der Waals surface area (Å²) in [4.78, 5) is 23.3. The lowest BCUT2D eigenvalue weighted by molar-refractivity contribution is 0.139. The minimum absolute atomic E-state index is 0.0626.